The monoisotopic (exact) mass is 320 g/mol. The summed E-state index contributed by atoms with van der Waals surface area (Å²) >= 11 is 3.43. The maximum Gasteiger partial charge on any atom is 0.223 e. The molecule has 0 saturated carbocycles. The van der Waals surface area contributed by atoms with E-state index in [0.717, 1.165) is 35.3 Å². The summed E-state index contributed by atoms with van der Waals surface area (Å²) in [4.78, 5) is 4.30. The quantitative estimate of drug-likeness (QED) is 0.812. The number of pyridine rings is 1. The Kier molecular flexibility index (Phi) is 5.36. The van der Waals surface area contributed by atoms with Crippen molar-refractivity contribution in [3.05, 3.63) is 52.6 Å². The van der Waals surface area contributed by atoms with Gasteiger partial charge >= 0.3 is 0 Å². The zero-order chi connectivity index (χ0) is 13.5. The van der Waals surface area contributed by atoms with Crippen molar-refractivity contribution in [3.63, 3.8) is 0 Å². The Balaban J connectivity index is 2.11. The topological polar surface area (TPSA) is 34.2 Å². The van der Waals surface area contributed by atoms with Gasteiger partial charge in [-0.1, -0.05) is 35.0 Å². The predicted molar refractivity (Wildman–Crippen MR) is 80.5 cm³/mol. The van der Waals surface area contributed by atoms with E-state index in [9.17, 15) is 0 Å². The molecule has 0 aliphatic rings. The summed E-state index contributed by atoms with van der Waals surface area (Å²) in [6, 6.07) is 11.7. The maximum atomic E-state index is 5.84. The normalized spacial score (nSPS) is 10.4. The van der Waals surface area contributed by atoms with Gasteiger partial charge in [0.25, 0.3) is 0 Å². The summed E-state index contributed by atoms with van der Waals surface area (Å²) in [6.45, 7) is 3.91. The molecule has 100 valence electrons. The number of ether oxygens (including phenoxy) is 1. The van der Waals surface area contributed by atoms with E-state index in [0.29, 0.717) is 5.88 Å². The molecule has 0 aliphatic heterocycles. The highest BCUT2D eigenvalue weighted by atomic mass is 79.9. The third-order valence-corrected chi connectivity index (χ3v) is 3.10. The number of benzene rings is 1. The molecule has 4 heteroatoms. The lowest BCUT2D eigenvalue weighted by molar-refractivity contribution is 0.452. The van der Waals surface area contributed by atoms with E-state index in [4.69, 9.17) is 4.74 Å². The maximum absolute atomic E-state index is 5.84. The average Bonchev–Trinajstić information content (AvgIpc) is 2.41. The fourth-order valence-corrected chi connectivity index (χ4v) is 2.07. The summed E-state index contributed by atoms with van der Waals surface area (Å²) in [6.07, 6.45) is 2.86. The van der Waals surface area contributed by atoms with Crippen molar-refractivity contribution in [2.75, 3.05) is 6.54 Å². The molecule has 0 fully saturated rings. The van der Waals surface area contributed by atoms with Crippen molar-refractivity contribution < 1.29 is 4.74 Å². The molecule has 2 rings (SSSR count). The van der Waals surface area contributed by atoms with Crippen LogP contribution >= 0.6 is 15.9 Å². The van der Waals surface area contributed by atoms with E-state index in [1.807, 2.05) is 36.4 Å². The highest BCUT2D eigenvalue weighted by Crippen LogP contribution is 2.25. The molecule has 0 bridgehead atoms. The first-order valence-corrected chi connectivity index (χ1v) is 7.17. The zero-order valence-corrected chi connectivity index (χ0v) is 12.5. The van der Waals surface area contributed by atoms with Crippen molar-refractivity contribution in [2.45, 2.75) is 19.9 Å². The Morgan fingerprint density at radius 1 is 1.26 bits per heavy atom. The van der Waals surface area contributed by atoms with Crippen molar-refractivity contribution in [3.8, 4) is 11.6 Å². The minimum atomic E-state index is 0.657. The average molecular weight is 321 g/mol. The largest absolute Gasteiger partial charge is 0.439 e. The fourth-order valence-electron chi connectivity index (χ4n) is 1.69. The molecule has 0 amide bonds. The summed E-state index contributed by atoms with van der Waals surface area (Å²) < 4.78 is 6.83. The second-order valence-corrected chi connectivity index (χ2v) is 5.12. The minimum absolute atomic E-state index is 0.657. The van der Waals surface area contributed by atoms with Gasteiger partial charge in [0.15, 0.2) is 0 Å². The first kappa shape index (κ1) is 14.0. The Labute approximate surface area is 122 Å². The van der Waals surface area contributed by atoms with Gasteiger partial charge in [0.05, 0.1) is 0 Å². The third kappa shape index (κ3) is 4.33. The summed E-state index contributed by atoms with van der Waals surface area (Å²) in [7, 11) is 0. The van der Waals surface area contributed by atoms with E-state index in [1.165, 1.54) is 0 Å². The van der Waals surface area contributed by atoms with Crippen molar-refractivity contribution in [2.24, 2.45) is 0 Å². The van der Waals surface area contributed by atoms with Crippen molar-refractivity contribution >= 4 is 15.9 Å². The third-order valence-electron chi connectivity index (χ3n) is 2.60. The van der Waals surface area contributed by atoms with E-state index >= 15 is 0 Å². The van der Waals surface area contributed by atoms with Crippen LogP contribution < -0.4 is 10.1 Å². The van der Waals surface area contributed by atoms with Gasteiger partial charge in [-0.15, -0.1) is 0 Å². The molecule has 1 aromatic heterocycles. The smallest absolute Gasteiger partial charge is 0.223 e. The van der Waals surface area contributed by atoms with Crippen LogP contribution in [0.25, 0.3) is 0 Å². The van der Waals surface area contributed by atoms with Crippen LogP contribution in [0.4, 0.5) is 0 Å². The van der Waals surface area contributed by atoms with Crippen LogP contribution in [0, 0.1) is 0 Å². The summed E-state index contributed by atoms with van der Waals surface area (Å²) in [5, 5.41) is 3.36. The Bertz CT molecular complexity index is 531. The standard InChI is InChI=1S/C15H17BrN2O/c1-2-8-17-11-12-5-4-9-18-15(12)19-14-7-3-6-13(16)10-14/h3-7,9-10,17H,2,8,11H2,1H3. The summed E-state index contributed by atoms with van der Waals surface area (Å²) in [5.74, 6) is 1.44. The number of halogens is 1. The lowest BCUT2D eigenvalue weighted by Gasteiger charge is -2.10. The molecule has 2 aromatic rings. The van der Waals surface area contributed by atoms with Gasteiger partial charge in [-0.3, -0.25) is 0 Å². The molecule has 19 heavy (non-hydrogen) atoms. The highest BCUT2D eigenvalue weighted by molar-refractivity contribution is 9.10. The Morgan fingerprint density at radius 2 is 2.16 bits per heavy atom. The van der Waals surface area contributed by atoms with Crippen LogP contribution in [0.15, 0.2) is 47.1 Å². The van der Waals surface area contributed by atoms with Gasteiger partial charge in [-0.2, -0.15) is 0 Å². The first-order chi connectivity index (χ1) is 9.29. The molecular formula is C15H17BrN2O. The summed E-state index contributed by atoms with van der Waals surface area (Å²) in [5.41, 5.74) is 1.07. The van der Waals surface area contributed by atoms with Gasteiger partial charge in [0.2, 0.25) is 5.88 Å². The molecule has 0 saturated heterocycles. The first-order valence-electron chi connectivity index (χ1n) is 6.37. The van der Waals surface area contributed by atoms with Crippen LogP contribution in [0.3, 0.4) is 0 Å². The van der Waals surface area contributed by atoms with Crippen molar-refractivity contribution in [1.29, 1.82) is 0 Å². The number of nitrogens with one attached hydrogen (secondary N) is 1. The molecule has 0 aliphatic carbocycles. The minimum Gasteiger partial charge on any atom is -0.439 e. The lowest BCUT2D eigenvalue weighted by Crippen LogP contribution is -2.14. The van der Waals surface area contributed by atoms with Crippen LogP contribution in [0.5, 0.6) is 11.6 Å². The van der Waals surface area contributed by atoms with Crippen LogP contribution in [-0.2, 0) is 6.54 Å². The van der Waals surface area contributed by atoms with Crippen LogP contribution in [0.1, 0.15) is 18.9 Å². The fraction of sp³-hybridized carbons (Fsp3) is 0.267. The van der Waals surface area contributed by atoms with Crippen LogP contribution in [0.2, 0.25) is 0 Å². The molecule has 1 heterocycles. The van der Waals surface area contributed by atoms with Gasteiger partial charge < -0.3 is 10.1 Å². The second kappa shape index (κ2) is 7.26. The Morgan fingerprint density at radius 3 is 2.95 bits per heavy atom. The molecule has 3 nitrogen and oxygen atoms in total. The SMILES string of the molecule is CCCNCc1cccnc1Oc1cccc(Br)c1. The zero-order valence-electron chi connectivity index (χ0n) is 10.9. The van der Waals surface area contributed by atoms with Crippen molar-refractivity contribution in [1.82, 2.24) is 10.3 Å². The second-order valence-electron chi connectivity index (χ2n) is 4.20. The number of hydrogen-bond donors (Lipinski definition) is 1. The number of hydrogen-bond acceptors (Lipinski definition) is 3. The number of rotatable bonds is 6. The van der Waals surface area contributed by atoms with E-state index in [-0.39, 0.29) is 0 Å². The number of aromatic nitrogens is 1. The predicted octanol–water partition coefficient (Wildman–Crippen LogP) is 4.14. The molecule has 0 unspecified atom stereocenters. The van der Waals surface area contributed by atoms with Gasteiger partial charge in [-0.25, -0.2) is 4.98 Å². The van der Waals surface area contributed by atoms with Gasteiger partial charge in [0.1, 0.15) is 5.75 Å². The highest BCUT2D eigenvalue weighted by Gasteiger charge is 2.05. The Hall–Kier alpha value is -1.39. The molecule has 0 spiro atoms. The van der Waals surface area contributed by atoms with E-state index in [2.05, 4.69) is 33.2 Å². The molecule has 1 N–H and O–H groups in total. The lowest BCUT2D eigenvalue weighted by atomic mass is 10.2. The van der Waals surface area contributed by atoms with Crippen LogP contribution in [-0.4, -0.2) is 11.5 Å². The van der Waals surface area contributed by atoms with Gasteiger partial charge in [-0.05, 0) is 37.2 Å². The molecular weight excluding hydrogens is 304 g/mol. The number of nitrogens with zero attached hydrogens (tertiary/aromatic N) is 1. The molecule has 1 aromatic carbocycles. The van der Waals surface area contributed by atoms with E-state index < -0.39 is 0 Å². The van der Waals surface area contributed by atoms with E-state index in [1.54, 1.807) is 6.20 Å². The molecule has 0 radical (unpaired) electrons. The molecule has 0 atom stereocenters. The van der Waals surface area contributed by atoms with Gasteiger partial charge in [0, 0.05) is 22.8 Å².